The highest BCUT2D eigenvalue weighted by molar-refractivity contribution is 6.30. The zero-order valence-corrected chi connectivity index (χ0v) is 18.2. The molecule has 160 valence electrons. The van der Waals surface area contributed by atoms with Gasteiger partial charge < -0.3 is 4.74 Å². The summed E-state index contributed by atoms with van der Waals surface area (Å²) in [5.41, 5.74) is 3.59. The fraction of sp³-hybridized carbons (Fsp3) is 0.250. The van der Waals surface area contributed by atoms with Crippen molar-refractivity contribution in [1.29, 1.82) is 0 Å². The van der Waals surface area contributed by atoms with E-state index in [4.69, 9.17) is 21.4 Å². The van der Waals surface area contributed by atoms with Crippen LogP contribution in [0.3, 0.4) is 0 Å². The molecule has 1 aliphatic carbocycles. The van der Waals surface area contributed by atoms with E-state index in [9.17, 15) is 10.0 Å². The van der Waals surface area contributed by atoms with Gasteiger partial charge >= 0.3 is 6.41 Å². The lowest BCUT2D eigenvalue weighted by Crippen LogP contribution is -2.51. The van der Waals surface area contributed by atoms with Crippen molar-refractivity contribution in [3.8, 4) is 22.7 Å². The van der Waals surface area contributed by atoms with Crippen LogP contribution in [0.15, 0.2) is 66.7 Å². The van der Waals surface area contributed by atoms with Crippen LogP contribution in [0, 0.1) is 0 Å². The molecule has 0 radical (unpaired) electrons. The first-order valence-corrected chi connectivity index (χ1v) is 10.5. The molecule has 1 aliphatic rings. The highest BCUT2D eigenvalue weighted by Crippen LogP contribution is 2.36. The second kappa shape index (κ2) is 8.67. The fourth-order valence-electron chi connectivity index (χ4n) is 4.10. The number of carbonyl (C=O) groups excluding carboxylic acids is 1. The van der Waals surface area contributed by atoms with Gasteiger partial charge in [0.1, 0.15) is 18.8 Å². The zero-order chi connectivity index (χ0) is 22.0. The molecule has 0 fully saturated rings. The summed E-state index contributed by atoms with van der Waals surface area (Å²) in [6.07, 6.45) is 5.98. The molecule has 1 amide bonds. The predicted octanol–water partition coefficient (Wildman–Crippen LogP) is 5.00. The Morgan fingerprint density at radius 1 is 1.13 bits per heavy atom. The quantitative estimate of drug-likeness (QED) is 0.193. The van der Waals surface area contributed by atoms with Gasteiger partial charge in [-0.2, -0.15) is 5.10 Å². The van der Waals surface area contributed by atoms with Crippen LogP contribution in [0.2, 0.25) is 5.02 Å². The van der Waals surface area contributed by atoms with Crippen LogP contribution in [0.4, 0.5) is 0 Å². The van der Waals surface area contributed by atoms with Crippen molar-refractivity contribution in [1.82, 2.24) is 9.78 Å². The molecule has 4 rings (SSSR count). The third-order valence-corrected chi connectivity index (χ3v) is 6.10. The second-order valence-corrected chi connectivity index (χ2v) is 8.33. The summed E-state index contributed by atoms with van der Waals surface area (Å²) in [7, 11) is 3.15. The summed E-state index contributed by atoms with van der Waals surface area (Å²) in [6, 6.07) is 17.0. The standard InChI is InChI=1S/C24H25ClN3O3/c1-28(30,16-29)24-6-4-3-5-21(24)22-15-23(17-7-9-18(25)10-8-17)27(26-22)19-11-13-20(31-2)14-12-19/h3-4,7-16,21,24,30H,5-6H2,1-2H3/q+1/t21-,24-,28?/m1/s1. The number of hydroxylamine groups is 3. The number of rotatable bonds is 6. The Labute approximate surface area is 186 Å². The summed E-state index contributed by atoms with van der Waals surface area (Å²) in [5, 5.41) is 16.2. The minimum atomic E-state index is -0.694. The summed E-state index contributed by atoms with van der Waals surface area (Å²) < 4.78 is 6.47. The number of carbonyl (C=O) groups is 1. The highest BCUT2D eigenvalue weighted by Gasteiger charge is 2.41. The van der Waals surface area contributed by atoms with E-state index >= 15 is 0 Å². The second-order valence-electron chi connectivity index (χ2n) is 7.89. The number of methoxy groups -OCH3 is 1. The van der Waals surface area contributed by atoms with E-state index in [-0.39, 0.29) is 12.0 Å². The van der Waals surface area contributed by atoms with Crippen LogP contribution in [0.1, 0.15) is 24.5 Å². The molecule has 6 nitrogen and oxygen atoms in total. The van der Waals surface area contributed by atoms with Gasteiger partial charge in [0.05, 0.1) is 30.1 Å². The lowest BCUT2D eigenvalue weighted by Gasteiger charge is -2.34. The fourth-order valence-corrected chi connectivity index (χ4v) is 4.23. The molecule has 3 atom stereocenters. The zero-order valence-electron chi connectivity index (χ0n) is 17.5. The molecule has 31 heavy (non-hydrogen) atoms. The van der Waals surface area contributed by atoms with Gasteiger partial charge in [0.15, 0.2) is 0 Å². The third-order valence-electron chi connectivity index (χ3n) is 5.85. The molecule has 0 saturated heterocycles. The summed E-state index contributed by atoms with van der Waals surface area (Å²) >= 11 is 6.09. The maximum absolute atomic E-state index is 11.6. The van der Waals surface area contributed by atoms with Gasteiger partial charge in [0.25, 0.3) is 0 Å². The number of quaternary nitrogens is 1. The van der Waals surface area contributed by atoms with Gasteiger partial charge in [-0.3, -0.25) is 0 Å². The molecule has 7 heteroatoms. The Kier molecular flexibility index (Phi) is 5.96. The highest BCUT2D eigenvalue weighted by atomic mass is 35.5. The third kappa shape index (κ3) is 4.28. The number of aromatic nitrogens is 2. The van der Waals surface area contributed by atoms with E-state index in [2.05, 4.69) is 6.08 Å². The first-order valence-electron chi connectivity index (χ1n) is 10.1. The van der Waals surface area contributed by atoms with E-state index < -0.39 is 4.65 Å². The van der Waals surface area contributed by atoms with Crippen molar-refractivity contribution in [2.45, 2.75) is 24.8 Å². The SMILES string of the molecule is COc1ccc(-n2nc([C@H]3CC=CC[C@H]3[N+](C)(O)C=O)cc2-c2ccc(Cl)cc2)cc1. The van der Waals surface area contributed by atoms with E-state index in [1.807, 2.05) is 65.4 Å². The van der Waals surface area contributed by atoms with Crippen LogP contribution in [-0.2, 0) is 4.79 Å². The molecule has 0 saturated carbocycles. The maximum Gasteiger partial charge on any atom is 0.333 e. The summed E-state index contributed by atoms with van der Waals surface area (Å²) in [4.78, 5) is 11.6. The largest absolute Gasteiger partial charge is 0.497 e. The van der Waals surface area contributed by atoms with Gasteiger partial charge in [0.2, 0.25) is 0 Å². The normalized spacial score (nSPS) is 20.3. The Morgan fingerprint density at radius 2 is 1.81 bits per heavy atom. The first-order chi connectivity index (χ1) is 14.9. The summed E-state index contributed by atoms with van der Waals surface area (Å²) in [6.45, 7) is 0. The molecule has 0 aliphatic heterocycles. The minimum absolute atomic E-state index is 0.101. The number of halogens is 1. The summed E-state index contributed by atoms with van der Waals surface area (Å²) in [5.74, 6) is 0.664. The molecule has 1 unspecified atom stereocenters. The minimum Gasteiger partial charge on any atom is -0.497 e. The Bertz CT molecular complexity index is 1090. The molecule has 2 aromatic carbocycles. The van der Waals surface area contributed by atoms with E-state index in [0.29, 0.717) is 24.3 Å². The van der Waals surface area contributed by atoms with Crippen LogP contribution in [0.5, 0.6) is 5.75 Å². The van der Waals surface area contributed by atoms with Crippen LogP contribution in [-0.4, -0.2) is 46.2 Å². The molecule has 1 heterocycles. The van der Waals surface area contributed by atoms with Crippen molar-refractivity contribution >= 4 is 18.0 Å². The van der Waals surface area contributed by atoms with Gasteiger partial charge in [-0.15, -0.1) is 4.65 Å². The van der Waals surface area contributed by atoms with E-state index in [0.717, 1.165) is 28.4 Å². The number of nitrogens with zero attached hydrogens (tertiary/aromatic N) is 3. The van der Waals surface area contributed by atoms with Crippen LogP contribution in [0.25, 0.3) is 16.9 Å². The average molecular weight is 439 g/mol. The van der Waals surface area contributed by atoms with Gasteiger partial charge in [-0.05, 0) is 48.9 Å². The van der Waals surface area contributed by atoms with Gasteiger partial charge in [0, 0.05) is 17.0 Å². The molecule has 0 bridgehead atoms. The van der Waals surface area contributed by atoms with Crippen LogP contribution < -0.4 is 4.74 Å². The van der Waals surface area contributed by atoms with Crippen molar-refractivity contribution in [3.05, 3.63) is 77.5 Å². The smallest absolute Gasteiger partial charge is 0.333 e. The Morgan fingerprint density at radius 3 is 2.45 bits per heavy atom. The average Bonchev–Trinajstić information content (AvgIpc) is 3.25. The van der Waals surface area contributed by atoms with Crippen molar-refractivity contribution < 1.29 is 19.4 Å². The number of allylic oxidation sites excluding steroid dienone is 1. The van der Waals surface area contributed by atoms with Crippen molar-refractivity contribution in [2.75, 3.05) is 14.2 Å². The molecule has 1 aromatic heterocycles. The number of benzene rings is 2. The molecular formula is C24H25ClN3O3+. The number of hydrogen-bond donors (Lipinski definition) is 1. The molecular weight excluding hydrogens is 414 g/mol. The lowest BCUT2D eigenvalue weighted by molar-refractivity contribution is -1.04. The first kappa shape index (κ1) is 21.3. The maximum atomic E-state index is 11.6. The van der Waals surface area contributed by atoms with Gasteiger partial charge in [-0.1, -0.05) is 35.9 Å². The number of likely N-dealkylation sites (N-methyl/N-ethyl adjacent to an activating group) is 1. The molecule has 3 aromatic rings. The van der Waals surface area contributed by atoms with Gasteiger partial charge in [-0.25, -0.2) is 14.7 Å². The predicted molar refractivity (Wildman–Crippen MR) is 119 cm³/mol. The molecule has 1 N–H and O–H groups in total. The Balaban J connectivity index is 1.83. The van der Waals surface area contributed by atoms with E-state index in [1.54, 1.807) is 7.11 Å². The molecule has 0 spiro atoms. The monoisotopic (exact) mass is 438 g/mol. The number of hydrogen-bond acceptors (Lipinski definition) is 4. The number of amides is 1. The lowest BCUT2D eigenvalue weighted by atomic mass is 9.85. The van der Waals surface area contributed by atoms with Crippen molar-refractivity contribution in [2.24, 2.45) is 0 Å². The van der Waals surface area contributed by atoms with E-state index in [1.165, 1.54) is 7.05 Å². The van der Waals surface area contributed by atoms with Crippen molar-refractivity contribution in [3.63, 3.8) is 0 Å². The Hall–Kier alpha value is -2.93. The topological polar surface area (TPSA) is 64.3 Å². The van der Waals surface area contributed by atoms with Crippen LogP contribution >= 0.6 is 11.6 Å². The number of ether oxygens (including phenoxy) is 1.